The molecule has 0 bridgehead atoms. The van der Waals surface area contributed by atoms with Crippen LogP contribution in [0.2, 0.25) is 0 Å². The summed E-state index contributed by atoms with van der Waals surface area (Å²) in [5.74, 6) is 1.22. The number of carbonyl (C=O) groups is 1. The molecule has 1 amide bonds. The largest absolute Gasteiger partial charge is 0.493 e. The van der Waals surface area contributed by atoms with Gasteiger partial charge < -0.3 is 19.4 Å². The van der Waals surface area contributed by atoms with E-state index in [1.807, 2.05) is 60.3 Å². The molecule has 124 valence electrons. The molecule has 5 nitrogen and oxygen atoms in total. The molecule has 3 rings (SSSR count). The number of aromatic nitrogens is 1. The van der Waals surface area contributed by atoms with Crippen LogP contribution < -0.4 is 14.8 Å². The van der Waals surface area contributed by atoms with Crippen molar-refractivity contribution in [2.75, 3.05) is 14.2 Å². The van der Waals surface area contributed by atoms with Crippen LogP contribution in [0.5, 0.6) is 11.5 Å². The van der Waals surface area contributed by atoms with Gasteiger partial charge in [0, 0.05) is 36.3 Å². The number of ether oxygens (including phenoxy) is 2. The first-order chi connectivity index (χ1) is 11.6. The average Bonchev–Trinajstić information content (AvgIpc) is 2.99. The number of nitrogens with one attached hydrogen (secondary N) is 1. The lowest BCUT2D eigenvalue weighted by Crippen LogP contribution is -2.22. The van der Waals surface area contributed by atoms with E-state index in [1.165, 1.54) is 0 Å². The van der Waals surface area contributed by atoms with Crippen molar-refractivity contribution in [3.05, 3.63) is 59.8 Å². The van der Waals surface area contributed by atoms with Crippen LogP contribution in [-0.4, -0.2) is 24.7 Å². The molecule has 0 aliphatic heterocycles. The Morgan fingerprint density at radius 2 is 1.83 bits per heavy atom. The van der Waals surface area contributed by atoms with Crippen LogP contribution in [0.1, 0.15) is 15.9 Å². The van der Waals surface area contributed by atoms with Gasteiger partial charge in [0.2, 0.25) is 0 Å². The van der Waals surface area contributed by atoms with E-state index in [9.17, 15) is 4.79 Å². The predicted octanol–water partition coefficient (Wildman–Crippen LogP) is 3.13. The molecule has 3 aromatic rings. The second-order valence-corrected chi connectivity index (χ2v) is 5.57. The van der Waals surface area contributed by atoms with Crippen molar-refractivity contribution in [1.82, 2.24) is 9.88 Å². The number of methoxy groups -OCH3 is 2. The fourth-order valence-electron chi connectivity index (χ4n) is 2.70. The van der Waals surface area contributed by atoms with E-state index in [0.717, 1.165) is 16.5 Å². The van der Waals surface area contributed by atoms with Crippen LogP contribution in [0, 0.1) is 0 Å². The number of rotatable bonds is 5. The van der Waals surface area contributed by atoms with Gasteiger partial charge in [0.1, 0.15) is 0 Å². The van der Waals surface area contributed by atoms with Gasteiger partial charge in [0.05, 0.1) is 14.2 Å². The zero-order valence-corrected chi connectivity index (χ0v) is 14.0. The van der Waals surface area contributed by atoms with E-state index in [1.54, 1.807) is 14.2 Å². The molecule has 0 saturated carbocycles. The molecule has 0 radical (unpaired) electrons. The van der Waals surface area contributed by atoms with Crippen LogP contribution in [0.15, 0.2) is 48.7 Å². The first-order valence-electron chi connectivity index (χ1n) is 7.66. The number of aryl methyl sites for hydroxylation is 1. The van der Waals surface area contributed by atoms with E-state index in [4.69, 9.17) is 9.47 Å². The van der Waals surface area contributed by atoms with Gasteiger partial charge in [-0.05, 0) is 42.0 Å². The standard InChI is InChI=1S/C19H20N2O3/c1-21-9-8-14-11-15(5-6-16(14)21)19(22)20-12-13-4-7-17(23-2)18(10-13)24-3/h4-11H,12H2,1-3H3,(H,20,22). The number of hydrogen-bond donors (Lipinski definition) is 1. The first-order valence-corrected chi connectivity index (χ1v) is 7.66. The van der Waals surface area contributed by atoms with Crippen molar-refractivity contribution in [3.63, 3.8) is 0 Å². The van der Waals surface area contributed by atoms with Gasteiger partial charge in [-0.2, -0.15) is 0 Å². The molecule has 1 N–H and O–H groups in total. The van der Waals surface area contributed by atoms with Gasteiger partial charge in [-0.15, -0.1) is 0 Å². The van der Waals surface area contributed by atoms with Crippen LogP contribution >= 0.6 is 0 Å². The van der Waals surface area contributed by atoms with E-state index >= 15 is 0 Å². The molecule has 0 aliphatic carbocycles. The van der Waals surface area contributed by atoms with Gasteiger partial charge in [-0.25, -0.2) is 0 Å². The van der Waals surface area contributed by atoms with E-state index in [0.29, 0.717) is 23.6 Å². The smallest absolute Gasteiger partial charge is 0.251 e. The maximum Gasteiger partial charge on any atom is 0.251 e. The summed E-state index contributed by atoms with van der Waals surface area (Å²) in [6.45, 7) is 0.423. The summed E-state index contributed by atoms with van der Waals surface area (Å²) in [5.41, 5.74) is 2.70. The summed E-state index contributed by atoms with van der Waals surface area (Å²) in [6, 6.07) is 13.3. The molecular weight excluding hydrogens is 304 g/mol. The zero-order valence-electron chi connectivity index (χ0n) is 14.0. The summed E-state index contributed by atoms with van der Waals surface area (Å²) < 4.78 is 12.5. The Hall–Kier alpha value is -2.95. The average molecular weight is 324 g/mol. The van der Waals surface area contributed by atoms with Crippen LogP contribution in [0.3, 0.4) is 0 Å². The van der Waals surface area contributed by atoms with Crippen molar-refractivity contribution in [3.8, 4) is 11.5 Å². The number of hydrogen-bond acceptors (Lipinski definition) is 3. The van der Waals surface area contributed by atoms with Crippen molar-refractivity contribution in [2.45, 2.75) is 6.54 Å². The summed E-state index contributed by atoms with van der Waals surface area (Å²) in [5, 5.41) is 3.99. The minimum Gasteiger partial charge on any atom is -0.493 e. The minimum absolute atomic E-state index is 0.101. The Balaban J connectivity index is 1.72. The third kappa shape index (κ3) is 3.06. The summed E-state index contributed by atoms with van der Waals surface area (Å²) in [7, 11) is 5.17. The molecule has 0 fully saturated rings. The van der Waals surface area contributed by atoms with Crippen molar-refractivity contribution in [1.29, 1.82) is 0 Å². The topological polar surface area (TPSA) is 52.5 Å². The molecular formula is C19H20N2O3. The van der Waals surface area contributed by atoms with Crippen molar-refractivity contribution < 1.29 is 14.3 Å². The SMILES string of the molecule is COc1ccc(CNC(=O)c2ccc3c(ccn3C)c2)cc1OC. The molecule has 5 heteroatoms. The Bertz CT molecular complexity index is 883. The number of amides is 1. The quantitative estimate of drug-likeness (QED) is 0.784. The lowest BCUT2D eigenvalue weighted by molar-refractivity contribution is 0.0951. The second-order valence-electron chi connectivity index (χ2n) is 5.57. The van der Waals surface area contributed by atoms with E-state index in [2.05, 4.69) is 5.32 Å². The van der Waals surface area contributed by atoms with Crippen molar-refractivity contribution in [2.24, 2.45) is 7.05 Å². The summed E-state index contributed by atoms with van der Waals surface area (Å²) >= 11 is 0. The monoisotopic (exact) mass is 324 g/mol. The maximum absolute atomic E-state index is 12.4. The lowest BCUT2D eigenvalue weighted by Gasteiger charge is -2.10. The number of nitrogens with zero attached hydrogens (tertiary/aromatic N) is 1. The third-order valence-electron chi connectivity index (χ3n) is 4.05. The minimum atomic E-state index is -0.101. The van der Waals surface area contributed by atoms with Crippen molar-refractivity contribution >= 4 is 16.8 Å². The highest BCUT2D eigenvalue weighted by molar-refractivity contribution is 5.98. The predicted molar refractivity (Wildman–Crippen MR) is 93.6 cm³/mol. The molecule has 0 saturated heterocycles. The van der Waals surface area contributed by atoms with Gasteiger partial charge in [-0.3, -0.25) is 4.79 Å². The third-order valence-corrected chi connectivity index (χ3v) is 4.05. The highest BCUT2D eigenvalue weighted by atomic mass is 16.5. The second kappa shape index (κ2) is 6.66. The molecule has 1 aromatic heterocycles. The molecule has 1 heterocycles. The molecule has 0 spiro atoms. The zero-order chi connectivity index (χ0) is 17.1. The molecule has 0 unspecified atom stereocenters. The van der Waals surface area contributed by atoms with Gasteiger partial charge in [0.25, 0.3) is 5.91 Å². The van der Waals surface area contributed by atoms with Gasteiger partial charge in [-0.1, -0.05) is 6.07 Å². The molecule has 24 heavy (non-hydrogen) atoms. The fraction of sp³-hybridized carbons (Fsp3) is 0.211. The van der Waals surface area contributed by atoms with E-state index in [-0.39, 0.29) is 5.91 Å². The van der Waals surface area contributed by atoms with Crippen LogP contribution in [0.25, 0.3) is 10.9 Å². The highest BCUT2D eigenvalue weighted by Crippen LogP contribution is 2.27. The maximum atomic E-state index is 12.4. The summed E-state index contributed by atoms with van der Waals surface area (Å²) in [4.78, 5) is 12.4. The molecule has 0 aliphatic rings. The highest BCUT2D eigenvalue weighted by Gasteiger charge is 2.09. The summed E-state index contributed by atoms with van der Waals surface area (Å²) in [6.07, 6.45) is 1.98. The Morgan fingerprint density at radius 3 is 2.58 bits per heavy atom. The Labute approximate surface area is 140 Å². The first kappa shape index (κ1) is 15.9. The van der Waals surface area contributed by atoms with Crippen LogP contribution in [-0.2, 0) is 13.6 Å². The van der Waals surface area contributed by atoms with Crippen LogP contribution in [0.4, 0.5) is 0 Å². The van der Waals surface area contributed by atoms with Gasteiger partial charge in [0.15, 0.2) is 11.5 Å². The van der Waals surface area contributed by atoms with E-state index < -0.39 is 0 Å². The molecule has 0 atom stereocenters. The molecule has 2 aromatic carbocycles. The normalized spacial score (nSPS) is 10.6. The van der Waals surface area contributed by atoms with Gasteiger partial charge >= 0.3 is 0 Å². The number of carbonyl (C=O) groups excluding carboxylic acids is 1. The number of benzene rings is 2. The Kier molecular flexibility index (Phi) is 4.42. The lowest BCUT2D eigenvalue weighted by atomic mass is 10.1. The number of fused-ring (bicyclic) bond motifs is 1. The Morgan fingerprint density at radius 1 is 1.04 bits per heavy atom. The fourth-order valence-corrected chi connectivity index (χ4v) is 2.70.